The molecule has 0 bridgehead atoms. The summed E-state index contributed by atoms with van der Waals surface area (Å²) in [5, 5.41) is 0. The van der Waals surface area contributed by atoms with Gasteiger partial charge in [0.25, 0.3) is 0 Å². The Hall–Kier alpha value is -1.51. The molecule has 1 aliphatic heterocycles. The van der Waals surface area contributed by atoms with Gasteiger partial charge in [0.1, 0.15) is 6.61 Å². The fraction of sp³-hybridized carbons (Fsp3) is 0.829. The largest absolute Gasteiger partial charge is 0.469 e. The summed E-state index contributed by atoms with van der Waals surface area (Å²) in [6, 6.07) is 0. The molecule has 0 aliphatic carbocycles. The molecule has 0 aromatic rings. The smallest absolute Gasteiger partial charge is 0.462 e. The molecule has 262 valence electrons. The van der Waals surface area contributed by atoms with Gasteiger partial charge in [0.15, 0.2) is 6.10 Å². The molecule has 10 heteroatoms. The summed E-state index contributed by atoms with van der Waals surface area (Å²) in [7, 11) is -4.75. The fourth-order valence-corrected chi connectivity index (χ4v) is 5.43. The van der Waals surface area contributed by atoms with E-state index in [-0.39, 0.29) is 19.4 Å². The topological polar surface area (TPSA) is 132 Å². The van der Waals surface area contributed by atoms with Crippen LogP contribution in [0, 0.1) is 0 Å². The van der Waals surface area contributed by atoms with Gasteiger partial charge < -0.3 is 24.0 Å². The molecule has 2 N–H and O–H groups in total. The van der Waals surface area contributed by atoms with Crippen LogP contribution in [0.4, 0.5) is 0 Å². The lowest BCUT2D eigenvalue weighted by molar-refractivity contribution is -0.161. The van der Waals surface area contributed by atoms with Crippen LogP contribution in [0.15, 0.2) is 24.3 Å². The van der Waals surface area contributed by atoms with Crippen LogP contribution in [0.2, 0.25) is 0 Å². The lowest BCUT2D eigenvalue weighted by atomic mass is 10.1. The minimum atomic E-state index is -4.75. The molecule has 0 aromatic heterocycles. The van der Waals surface area contributed by atoms with Crippen LogP contribution in [0.3, 0.4) is 0 Å². The van der Waals surface area contributed by atoms with Crippen molar-refractivity contribution >= 4 is 19.8 Å². The van der Waals surface area contributed by atoms with Crippen LogP contribution >= 0.6 is 7.82 Å². The molecule has 1 fully saturated rings. The van der Waals surface area contributed by atoms with E-state index in [0.717, 1.165) is 83.5 Å². The van der Waals surface area contributed by atoms with Gasteiger partial charge in [-0.25, -0.2) is 4.57 Å². The molecule has 45 heavy (non-hydrogen) atoms. The third-order valence-electron chi connectivity index (χ3n) is 7.87. The van der Waals surface area contributed by atoms with Gasteiger partial charge in [-0.05, 0) is 57.8 Å². The maximum atomic E-state index is 12.4. The fourth-order valence-electron chi connectivity index (χ4n) is 5.06. The van der Waals surface area contributed by atoms with E-state index in [2.05, 4.69) is 42.7 Å². The maximum Gasteiger partial charge on any atom is 0.469 e. The molecule has 1 aliphatic rings. The van der Waals surface area contributed by atoms with E-state index in [1.54, 1.807) is 0 Å². The van der Waals surface area contributed by atoms with Gasteiger partial charge in [-0.2, -0.15) is 0 Å². The molecule has 1 saturated heterocycles. The Morgan fingerprint density at radius 2 is 1.24 bits per heavy atom. The number of hydrogen-bond acceptors (Lipinski definition) is 7. The van der Waals surface area contributed by atoms with E-state index in [0.29, 0.717) is 25.0 Å². The van der Waals surface area contributed by atoms with Gasteiger partial charge in [0.2, 0.25) is 0 Å². The van der Waals surface area contributed by atoms with Gasteiger partial charge >= 0.3 is 19.8 Å². The highest BCUT2D eigenvalue weighted by Gasteiger charge is 2.36. The lowest BCUT2D eigenvalue weighted by Crippen LogP contribution is -2.29. The first-order valence-electron chi connectivity index (χ1n) is 17.8. The summed E-state index contributed by atoms with van der Waals surface area (Å²) >= 11 is 0. The molecular formula is C35H63O9P. The average molecular weight is 659 g/mol. The number of unbranched alkanes of at least 4 members (excludes halogenated alkanes) is 14. The molecule has 2 unspecified atom stereocenters. The van der Waals surface area contributed by atoms with Crippen molar-refractivity contribution in [3.8, 4) is 0 Å². The number of rotatable bonds is 31. The number of carbonyl (C=O) groups is 2. The van der Waals surface area contributed by atoms with Crippen LogP contribution < -0.4 is 0 Å². The molecule has 1 rings (SSSR count). The first-order chi connectivity index (χ1) is 21.7. The molecule has 0 amide bonds. The third-order valence-corrected chi connectivity index (χ3v) is 8.35. The average Bonchev–Trinajstić information content (AvgIpc) is 3.76. The Morgan fingerprint density at radius 3 is 1.91 bits per heavy atom. The minimum absolute atomic E-state index is 0.188. The number of epoxide rings is 1. The van der Waals surface area contributed by atoms with E-state index in [9.17, 15) is 14.2 Å². The Kier molecular flexibility index (Phi) is 25.5. The predicted octanol–water partition coefficient (Wildman–Crippen LogP) is 9.05. The van der Waals surface area contributed by atoms with Gasteiger partial charge in [-0.15, -0.1) is 0 Å². The zero-order chi connectivity index (χ0) is 33.0. The normalized spacial score (nSPS) is 17.2. The van der Waals surface area contributed by atoms with Crippen molar-refractivity contribution in [1.82, 2.24) is 0 Å². The van der Waals surface area contributed by atoms with E-state index < -0.39 is 32.5 Å². The molecule has 0 spiro atoms. The highest BCUT2D eigenvalue weighted by molar-refractivity contribution is 7.46. The second-order valence-corrected chi connectivity index (χ2v) is 13.5. The van der Waals surface area contributed by atoms with E-state index in [1.807, 2.05) is 0 Å². The number of phosphoric acid groups is 1. The third kappa shape index (κ3) is 27.3. The van der Waals surface area contributed by atoms with Crippen molar-refractivity contribution < 1.29 is 42.7 Å². The molecule has 9 nitrogen and oxygen atoms in total. The zero-order valence-electron chi connectivity index (χ0n) is 28.2. The maximum absolute atomic E-state index is 12.4. The van der Waals surface area contributed by atoms with Crippen molar-refractivity contribution in [2.24, 2.45) is 0 Å². The summed E-state index contributed by atoms with van der Waals surface area (Å²) in [6.07, 6.45) is 30.6. The standard InChI is InChI=1S/C35H63O9P/c1-3-5-7-9-11-12-13-14-15-19-23-27-34(36)41-29-31(30-42-45(38,39)40)43-35(37)28-24-20-16-18-22-26-33-32(44-33)25-21-17-10-8-6-4-2/h9,11,17,21,31-33H,3-8,10,12-16,18-20,22-30H2,1-2H3,(H2,38,39,40)/b11-9-,21-17-/t31-,32?,33?/m1/s1. The molecule has 1 heterocycles. The second kappa shape index (κ2) is 27.6. The Labute approximate surface area is 273 Å². The number of carbonyl (C=O) groups excluding carboxylic acids is 2. The van der Waals surface area contributed by atoms with Crippen LogP contribution in [-0.4, -0.2) is 53.3 Å². The number of hydrogen-bond donors (Lipinski definition) is 2. The van der Waals surface area contributed by atoms with E-state index >= 15 is 0 Å². The highest BCUT2D eigenvalue weighted by atomic mass is 31.2. The Morgan fingerprint density at radius 1 is 0.689 bits per heavy atom. The van der Waals surface area contributed by atoms with Gasteiger partial charge in [0, 0.05) is 12.8 Å². The van der Waals surface area contributed by atoms with Crippen LogP contribution in [0.1, 0.15) is 155 Å². The zero-order valence-corrected chi connectivity index (χ0v) is 29.1. The van der Waals surface area contributed by atoms with Crippen molar-refractivity contribution in [2.45, 2.75) is 173 Å². The lowest BCUT2D eigenvalue weighted by Gasteiger charge is -2.18. The van der Waals surface area contributed by atoms with Gasteiger partial charge in [-0.3, -0.25) is 14.1 Å². The minimum Gasteiger partial charge on any atom is -0.462 e. The summed E-state index contributed by atoms with van der Waals surface area (Å²) in [5.74, 6) is -0.921. The number of esters is 2. The summed E-state index contributed by atoms with van der Waals surface area (Å²) in [5.41, 5.74) is 0. The molecule has 0 saturated carbocycles. The van der Waals surface area contributed by atoms with Crippen LogP contribution in [0.25, 0.3) is 0 Å². The number of allylic oxidation sites excluding steroid dienone is 3. The van der Waals surface area contributed by atoms with Gasteiger partial charge in [-0.1, -0.05) is 109 Å². The molecule has 0 radical (unpaired) electrons. The predicted molar refractivity (Wildman–Crippen MR) is 179 cm³/mol. The first-order valence-corrected chi connectivity index (χ1v) is 19.3. The summed E-state index contributed by atoms with van der Waals surface area (Å²) in [6.45, 7) is 3.57. The first kappa shape index (κ1) is 41.5. The Bertz CT molecular complexity index is 854. The van der Waals surface area contributed by atoms with Crippen molar-refractivity contribution in [3.05, 3.63) is 24.3 Å². The molecule has 3 atom stereocenters. The van der Waals surface area contributed by atoms with E-state index in [4.69, 9.17) is 24.0 Å². The highest BCUT2D eigenvalue weighted by Crippen LogP contribution is 2.36. The van der Waals surface area contributed by atoms with Crippen LogP contribution in [0.5, 0.6) is 0 Å². The number of ether oxygens (including phenoxy) is 3. The van der Waals surface area contributed by atoms with Gasteiger partial charge in [0.05, 0.1) is 18.8 Å². The summed E-state index contributed by atoms with van der Waals surface area (Å²) < 4.78 is 32.0. The van der Waals surface area contributed by atoms with Crippen molar-refractivity contribution in [2.75, 3.05) is 13.2 Å². The SMILES string of the molecule is CCCC/C=C\CCCCCCCC(=O)OC[C@H](COP(=O)(O)O)OC(=O)CCCCCCCC1OC1C/C=C\CCCCC. The van der Waals surface area contributed by atoms with Crippen molar-refractivity contribution in [1.29, 1.82) is 0 Å². The Balaban J connectivity index is 2.13. The molecule has 0 aromatic carbocycles. The van der Waals surface area contributed by atoms with Crippen LogP contribution in [-0.2, 0) is 32.9 Å². The molecular weight excluding hydrogens is 595 g/mol. The van der Waals surface area contributed by atoms with E-state index in [1.165, 1.54) is 32.1 Å². The van der Waals surface area contributed by atoms with Crippen molar-refractivity contribution in [3.63, 3.8) is 0 Å². The monoisotopic (exact) mass is 658 g/mol. The quantitative estimate of drug-likeness (QED) is 0.0246. The second-order valence-electron chi connectivity index (χ2n) is 12.2. The number of phosphoric ester groups is 1. The summed E-state index contributed by atoms with van der Waals surface area (Å²) in [4.78, 5) is 42.6.